The summed E-state index contributed by atoms with van der Waals surface area (Å²) in [5, 5.41) is 9.40. The molecule has 1 saturated heterocycles. The van der Waals surface area contributed by atoms with E-state index in [0.717, 1.165) is 25.8 Å². The van der Waals surface area contributed by atoms with Crippen LogP contribution in [0, 0.1) is 17.8 Å². The molecule has 1 amide bonds. The summed E-state index contributed by atoms with van der Waals surface area (Å²) in [6, 6.07) is 0.0273. The van der Waals surface area contributed by atoms with Gasteiger partial charge >= 0.3 is 0 Å². The largest absolute Gasteiger partial charge is 0.394 e. The van der Waals surface area contributed by atoms with Crippen LogP contribution in [0.3, 0.4) is 0 Å². The number of nitrogens with zero attached hydrogens (tertiary/aromatic N) is 1. The molecule has 1 rings (SSSR count). The molecule has 0 aromatic rings. The zero-order valence-corrected chi connectivity index (χ0v) is 12.6. The molecule has 3 N–H and O–H groups in total. The third kappa shape index (κ3) is 4.46. The number of carbonyl (C=O) groups is 1. The molecule has 0 spiro atoms. The molecule has 0 aromatic carbocycles. The van der Waals surface area contributed by atoms with Gasteiger partial charge < -0.3 is 15.7 Å². The summed E-state index contributed by atoms with van der Waals surface area (Å²) >= 11 is 0. The highest BCUT2D eigenvalue weighted by atomic mass is 16.3. The Morgan fingerprint density at radius 2 is 2.11 bits per heavy atom. The molecular weight excluding hydrogens is 240 g/mol. The third-order valence-electron chi connectivity index (χ3n) is 4.60. The Hall–Kier alpha value is -0.610. The fourth-order valence-corrected chi connectivity index (χ4v) is 3.07. The summed E-state index contributed by atoms with van der Waals surface area (Å²) in [7, 11) is 0. The van der Waals surface area contributed by atoms with Crippen LogP contribution in [-0.2, 0) is 4.79 Å². The average Bonchev–Trinajstić information content (AvgIpc) is 2.74. The Labute approximate surface area is 117 Å². The Kier molecular flexibility index (Phi) is 6.80. The van der Waals surface area contributed by atoms with Crippen LogP contribution >= 0.6 is 0 Å². The number of hydrogen-bond donors (Lipinski definition) is 2. The lowest BCUT2D eigenvalue weighted by molar-refractivity contribution is -0.133. The molecule has 0 radical (unpaired) electrons. The lowest BCUT2D eigenvalue weighted by Crippen LogP contribution is -2.40. The van der Waals surface area contributed by atoms with Gasteiger partial charge in [-0.2, -0.15) is 0 Å². The van der Waals surface area contributed by atoms with Gasteiger partial charge in [-0.15, -0.1) is 0 Å². The minimum Gasteiger partial charge on any atom is -0.394 e. The quantitative estimate of drug-likeness (QED) is 0.738. The number of likely N-dealkylation sites (tertiary alicyclic amines) is 1. The highest BCUT2D eigenvalue weighted by Gasteiger charge is 2.33. The van der Waals surface area contributed by atoms with E-state index in [-0.39, 0.29) is 18.6 Å². The van der Waals surface area contributed by atoms with Crippen molar-refractivity contribution in [3.05, 3.63) is 0 Å². The summed E-state index contributed by atoms with van der Waals surface area (Å²) in [4.78, 5) is 14.2. The smallest absolute Gasteiger partial charge is 0.222 e. The second kappa shape index (κ2) is 7.85. The first kappa shape index (κ1) is 16.4. The minimum atomic E-state index is 0.0273. The lowest BCUT2D eigenvalue weighted by Gasteiger charge is -2.27. The van der Waals surface area contributed by atoms with Gasteiger partial charge in [0.15, 0.2) is 0 Å². The Balaban J connectivity index is 2.46. The fourth-order valence-electron chi connectivity index (χ4n) is 3.07. The lowest BCUT2D eigenvalue weighted by atomic mass is 9.88. The number of amides is 1. The second-order valence-corrected chi connectivity index (χ2v) is 6.22. The first-order valence-corrected chi connectivity index (χ1v) is 7.61. The van der Waals surface area contributed by atoms with E-state index in [9.17, 15) is 9.90 Å². The molecule has 0 aromatic heterocycles. The molecule has 1 heterocycles. The zero-order valence-electron chi connectivity index (χ0n) is 12.6. The van der Waals surface area contributed by atoms with E-state index in [0.29, 0.717) is 30.7 Å². The van der Waals surface area contributed by atoms with Crippen molar-refractivity contribution in [1.29, 1.82) is 0 Å². The topological polar surface area (TPSA) is 66.6 Å². The minimum absolute atomic E-state index is 0.0273. The van der Waals surface area contributed by atoms with Crippen molar-refractivity contribution < 1.29 is 9.90 Å². The van der Waals surface area contributed by atoms with Gasteiger partial charge in [-0.3, -0.25) is 4.79 Å². The van der Waals surface area contributed by atoms with Crippen LogP contribution in [0.25, 0.3) is 0 Å². The van der Waals surface area contributed by atoms with Crippen molar-refractivity contribution in [2.45, 2.75) is 52.5 Å². The zero-order chi connectivity index (χ0) is 14.4. The van der Waals surface area contributed by atoms with E-state index in [1.807, 2.05) is 4.90 Å². The third-order valence-corrected chi connectivity index (χ3v) is 4.60. The van der Waals surface area contributed by atoms with E-state index in [1.54, 1.807) is 0 Å². The first-order chi connectivity index (χ1) is 9.01. The van der Waals surface area contributed by atoms with Gasteiger partial charge in [-0.05, 0) is 43.6 Å². The van der Waals surface area contributed by atoms with E-state index in [1.165, 1.54) is 0 Å². The summed E-state index contributed by atoms with van der Waals surface area (Å²) in [6.45, 7) is 8.08. The number of rotatable bonds is 7. The van der Waals surface area contributed by atoms with E-state index in [2.05, 4.69) is 20.8 Å². The maximum absolute atomic E-state index is 12.3. The molecule has 1 fully saturated rings. The molecule has 4 nitrogen and oxygen atoms in total. The van der Waals surface area contributed by atoms with Gasteiger partial charge in [0.2, 0.25) is 5.91 Å². The van der Waals surface area contributed by atoms with Crippen molar-refractivity contribution in [1.82, 2.24) is 4.90 Å². The SMILES string of the molecule is CC(C)C(CCN)CCC(=O)N1CCC(C)C1CO. The number of carbonyl (C=O) groups excluding carboxylic acids is 1. The molecule has 0 saturated carbocycles. The van der Waals surface area contributed by atoms with Gasteiger partial charge in [-0.25, -0.2) is 0 Å². The predicted molar refractivity (Wildman–Crippen MR) is 77.6 cm³/mol. The highest BCUT2D eigenvalue weighted by Crippen LogP contribution is 2.26. The summed E-state index contributed by atoms with van der Waals surface area (Å²) in [6.07, 6.45) is 3.50. The highest BCUT2D eigenvalue weighted by molar-refractivity contribution is 5.76. The van der Waals surface area contributed by atoms with Gasteiger partial charge in [0.25, 0.3) is 0 Å². The summed E-state index contributed by atoms with van der Waals surface area (Å²) < 4.78 is 0. The normalized spacial score (nSPS) is 25.1. The molecule has 3 unspecified atom stereocenters. The molecule has 1 aliphatic heterocycles. The predicted octanol–water partition coefficient (Wildman–Crippen LogP) is 1.62. The van der Waals surface area contributed by atoms with Crippen molar-refractivity contribution in [3.63, 3.8) is 0 Å². The summed E-state index contributed by atoms with van der Waals surface area (Å²) in [5.74, 6) is 1.72. The number of aliphatic hydroxyl groups excluding tert-OH is 1. The molecule has 4 heteroatoms. The van der Waals surface area contributed by atoms with E-state index in [4.69, 9.17) is 5.73 Å². The number of nitrogens with two attached hydrogens (primary N) is 1. The van der Waals surface area contributed by atoms with Gasteiger partial charge in [0.05, 0.1) is 12.6 Å². The Bertz CT molecular complexity index is 281. The van der Waals surface area contributed by atoms with Crippen LogP contribution in [0.4, 0.5) is 0 Å². The standard InChI is InChI=1S/C15H30N2O2/c1-11(2)13(6-8-16)4-5-15(19)17-9-7-12(3)14(17)10-18/h11-14,18H,4-10,16H2,1-3H3. The Morgan fingerprint density at radius 1 is 1.42 bits per heavy atom. The molecule has 1 aliphatic rings. The van der Waals surface area contributed by atoms with Crippen molar-refractivity contribution in [3.8, 4) is 0 Å². The van der Waals surface area contributed by atoms with Crippen LogP contribution in [-0.4, -0.2) is 41.7 Å². The van der Waals surface area contributed by atoms with E-state index >= 15 is 0 Å². The van der Waals surface area contributed by atoms with Crippen LogP contribution in [0.1, 0.15) is 46.5 Å². The molecule has 3 atom stereocenters. The average molecular weight is 270 g/mol. The maximum atomic E-state index is 12.3. The second-order valence-electron chi connectivity index (χ2n) is 6.22. The van der Waals surface area contributed by atoms with Gasteiger partial charge in [-0.1, -0.05) is 20.8 Å². The molecule has 0 bridgehead atoms. The van der Waals surface area contributed by atoms with Gasteiger partial charge in [0, 0.05) is 13.0 Å². The van der Waals surface area contributed by atoms with Crippen molar-refractivity contribution >= 4 is 5.91 Å². The molecule has 112 valence electrons. The van der Waals surface area contributed by atoms with E-state index < -0.39 is 0 Å². The van der Waals surface area contributed by atoms with Crippen molar-refractivity contribution in [2.75, 3.05) is 19.7 Å². The summed E-state index contributed by atoms with van der Waals surface area (Å²) in [5.41, 5.74) is 5.63. The number of hydrogen-bond acceptors (Lipinski definition) is 3. The molecule has 0 aliphatic carbocycles. The fraction of sp³-hybridized carbons (Fsp3) is 0.933. The van der Waals surface area contributed by atoms with Crippen LogP contribution in [0.5, 0.6) is 0 Å². The maximum Gasteiger partial charge on any atom is 0.222 e. The molecular formula is C15H30N2O2. The van der Waals surface area contributed by atoms with Gasteiger partial charge in [0.1, 0.15) is 0 Å². The monoisotopic (exact) mass is 270 g/mol. The van der Waals surface area contributed by atoms with Crippen LogP contribution < -0.4 is 5.73 Å². The first-order valence-electron chi connectivity index (χ1n) is 7.61. The van der Waals surface area contributed by atoms with Crippen LogP contribution in [0.2, 0.25) is 0 Å². The number of aliphatic hydroxyl groups is 1. The Morgan fingerprint density at radius 3 is 2.63 bits per heavy atom. The van der Waals surface area contributed by atoms with Crippen LogP contribution in [0.15, 0.2) is 0 Å². The molecule has 19 heavy (non-hydrogen) atoms. The van der Waals surface area contributed by atoms with Crippen molar-refractivity contribution in [2.24, 2.45) is 23.5 Å².